The Hall–Kier alpha value is -2.91. The molecule has 20 heavy (non-hydrogen) atoms. The molecule has 6 heteroatoms. The minimum absolute atomic E-state index is 0.240. The molecule has 0 aliphatic heterocycles. The van der Waals surface area contributed by atoms with Gasteiger partial charge < -0.3 is 10.3 Å². The maximum Gasteiger partial charge on any atom is 0.261 e. The van der Waals surface area contributed by atoms with E-state index in [4.69, 9.17) is 11.1 Å². The van der Waals surface area contributed by atoms with Gasteiger partial charge in [0.05, 0.1) is 22.9 Å². The van der Waals surface area contributed by atoms with Crippen LogP contribution in [0.25, 0.3) is 0 Å². The molecule has 1 aromatic heterocycles. The van der Waals surface area contributed by atoms with Crippen LogP contribution in [0.2, 0.25) is 0 Å². The van der Waals surface area contributed by atoms with Gasteiger partial charge in [0, 0.05) is 25.1 Å². The number of hydrogen-bond donors (Lipinski definition) is 2. The van der Waals surface area contributed by atoms with Gasteiger partial charge in [0.1, 0.15) is 0 Å². The second-order valence-corrected chi connectivity index (χ2v) is 4.09. The first-order chi connectivity index (χ1) is 9.67. The molecule has 0 radical (unpaired) electrons. The second kappa shape index (κ2) is 5.82. The lowest BCUT2D eigenvalue weighted by molar-refractivity contribution is 0.0993. The molecule has 0 saturated carbocycles. The zero-order valence-corrected chi connectivity index (χ0v) is 10.9. The van der Waals surface area contributed by atoms with Gasteiger partial charge in [0.2, 0.25) is 0 Å². The van der Waals surface area contributed by atoms with E-state index in [1.54, 1.807) is 43.6 Å². The van der Waals surface area contributed by atoms with E-state index in [9.17, 15) is 4.79 Å². The number of rotatable bonds is 3. The smallest absolute Gasteiger partial charge is 0.261 e. The topological polar surface area (TPSA) is 95.0 Å². The summed E-state index contributed by atoms with van der Waals surface area (Å²) in [5.74, 6) is 5.14. The van der Waals surface area contributed by atoms with E-state index in [0.29, 0.717) is 22.5 Å². The number of nitrogens with one attached hydrogen (secondary N) is 1. The predicted octanol–water partition coefficient (Wildman–Crippen LogP) is 1.52. The molecule has 3 N–H and O–H groups in total. The maximum absolute atomic E-state index is 12.4. The number of carbonyl (C=O) groups is 1. The molecular weight excluding hydrogens is 254 g/mol. The summed E-state index contributed by atoms with van der Waals surface area (Å²) < 4.78 is 0. The van der Waals surface area contributed by atoms with E-state index in [1.807, 2.05) is 6.07 Å². The number of benzene rings is 1. The molecular formula is C14H13N5O. The van der Waals surface area contributed by atoms with Crippen LogP contribution in [0.4, 0.5) is 11.4 Å². The predicted molar refractivity (Wildman–Crippen MR) is 75.9 cm³/mol. The van der Waals surface area contributed by atoms with Crippen molar-refractivity contribution in [1.29, 1.82) is 5.26 Å². The number of anilines is 2. The Kier molecular flexibility index (Phi) is 3.93. The van der Waals surface area contributed by atoms with Crippen LogP contribution < -0.4 is 16.2 Å². The summed E-state index contributed by atoms with van der Waals surface area (Å²) in [6.45, 7) is 0. The Labute approximate surface area is 116 Å². The zero-order valence-electron chi connectivity index (χ0n) is 10.9. The van der Waals surface area contributed by atoms with Crippen LogP contribution in [0.3, 0.4) is 0 Å². The van der Waals surface area contributed by atoms with Gasteiger partial charge in [-0.15, -0.1) is 0 Å². The van der Waals surface area contributed by atoms with E-state index in [1.165, 1.54) is 11.1 Å². The highest BCUT2D eigenvalue weighted by Crippen LogP contribution is 2.19. The van der Waals surface area contributed by atoms with Gasteiger partial charge in [-0.1, -0.05) is 0 Å². The van der Waals surface area contributed by atoms with Gasteiger partial charge in [0.15, 0.2) is 0 Å². The van der Waals surface area contributed by atoms with E-state index in [2.05, 4.69) is 10.4 Å². The third-order valence-corrected chi connectivity index (χ3v) is 2.90. The Morgan fingerprint density at radius 3 is 2.65 bits per heavy atom. The van der Waals surface area contributed by atoms with Gasteiger partial charge in [-0.05, 0) is 30.3 Å². The van der Waals surface area contributed by atoms with Crippen molar-refractivity contribution in [3.63, 3.8) is 0 Å². The van der Waals surface area contributed by atoms with Crippen molar-refractivity contribution in [2.45, 2.75) is 0 Å². The second-order valence-electron chi connectivity index (χ2n) is 4.09. The first-order valence-electron chi connectivity index (χ1n) is 5.86. The molecule has 0 bridgehead atoms. The standard InChI is InChI=1S/C14H13N5O/c1-19(11-4-2-10(8-15)3-5-11)14(20)12-9-17-7-6-13(12)18-16/h2-7,9H,16H2,1H3,(H,17,18). The van der Waals surface area contributed by atoms with Gasteiger partial charge in [-0.25, -0.2) is 0 Å². The Balaban J connectivity index is 2.30. The van der Waals surface area contributed by atoms with Crippen molar-refractivity contribution in [3.05, 3.63) is 53.9 Å². The van der Waals surface area contributed by atoms with E-state index < -0.39 is 0 Å². The number of hydrogen-bond acceptors (Lipinski definition) is 5. The molecule has 0 saturated heterocycles. The number of hydrazine groups is 1. The van der Waals surface area contributed by atoms with Gasteiger partial charge in [0.25, 0.3) is 5.91 Å². The van der Waals surface area contributed by atoms with Crippen LogP contribution in [0.15, 0.2) is 42.7 Å². The monoisotopic (exact) mass is 267 g/mol. The highest BCUT2D eigenvalue weighted by molar-refractivity contribution is 6.09. The molecule has 2 rings (SSSR count). The molecule has 0 aliphatic carbocycles. The lowest BCUT2D eigenvalue weighted by Gasteiger charge is -2.18. The van der Waals surface area contributed by atoms with Gasteiger partial charge in [-0.2, -0.15) is 5.26 Å². The third kappa shape index (κ3) is 2.58. The summed E-state index contributed by atoms with van der Waals surface area (Å²) >= 11 is 0. The number of nitrogen functional groups attached to an aromatic ring is 1. The van der Waals surface area contributed by atoms with E-state index in [-0.39, 0.29) is 5.91 Å². The van der Waals surface area contributed by atoms with E-state index in [0.717, 1.165) is 0 Å². The summed E-state index contributed by atoms with van der Waals surface area (Å²) in [5.41, 5.74) is 4.58. The lowest BCUT2D eigenvalue weighted by Crippen LogP contribution is -2.27. The van der Waals surface area contributed by atoms with Crippen molar-refractivity contribution >= 4 is 17.3 Å². The lowest BCUT2D eigenvalue weighted by atomic mass is 10.1. The summed E-state index contributed by atoms with van der Waals surface area (Å²) in [5, 5.41) is 8.76. The van der Waals surface area contributed by atoms with Crippen LogP contribution in [-0.2, 0) is 0 Å². The van der Waals surface area contributed by atoms with Gasteiger partial charge in [-0.3, -0.25) is 15.6 Å². The highest BCUT2D eigenvalue weighted by Gasteiger charge is 2.17. The number of pyridine rings is 1. The van der Waals surface area contributed by atoms with Crippen LogP contribution in [0, 0.1) is 11.3 Å². The number of nitriles is 1. The Bertz CT molecular complexity index is 660. The number of carbonyl (C=O) groups excluding carboxylic acids is 1. The minimum atomic E-state index is -0.240. The molecule has 2 aromatic rings. The molecule has 0 aliphatic rings. The molecule has 6 nitrogen and oxygen atoms in total. The summed E-state index contributed by atoms with van der Waals surface area (Å²) in [4.78, 5) is 17.8. The fraction of sp³-hybridized carbons (Fsp3) is 0.0714. The molecule has 0 spiro atoms. The molecule has 0 atom stereocenters. The number of nitrogens with zero attached hydrogens (tertiary/aromatic N) is 3. The zero-order chi connectivity index (χ0) is 14.5. The third-order valence-electron chi connectivity index (χ3n) is 2.90. The molecule has 0 fully saturated rings. The summed E-state index contributed by atoms with van der Waals surface area (Å²) in [7, 11) is 1.65. The quantitative estimate of drug-likeness (QED) is 0.649. The normalized spacial score (nSPS) is 9.65. The molecule has 0 unspecified atom stereocenters. The number of nitrogens with two attached hydrogens (primary N) is 1. The van der Waals surface area contributed by atoms with Crippen molar-refractivity contribution in [1.82, 2.24) is 4.98 Å². The van der Waals surface area contributed by atoms with Crippen LogP contribution in [0.1, 0.15) is 15.9 Å². The van der Waals surface area contributed by atoms with Crippen molar-refractivity contribution < 1.29 is 4.79 Å². The first kappa shape index (κ1) is 13.5. The van der Waals surface area contributed by atoms with Crippen LogP contribution >= 0.6 is 0 Å². The van der Waals surface area contributed by atoms with Crippen molar-refractivity contribution in [3.8, 4) is 6.07 Å². The fourth-order valence-electron chi connectivity index (χ4n) is 1.75. The summed E-state index contributed by atoms with van der Waals surface area (Å²) in [6, 6.07) is 10.4. The van der Waals surface area contributed by atoms with Crippen LogP contribution in [-0.4, -0.2) is 17.9 Å². The molecule has 1 heterocycles. The minimum Gasteiger partial charge on any atom is -0.323 e. The average Bonchev–Trinajstić information content (AvgIpc) is 2.53. The average molecular weight is 267 g/mol. The first-order valence-corrected chi connectivity index (χ1v) is 5.86. The number of amides is 1. The Morgan fingerprint density at radius 2 is 2.05 bits per heavy atom. The molecule has 1 amide bonds. The fourth-order valence-corrected chi connectivity index (χ4v) is 1.75. The van der Waals surface area contributed by atoms with Crippen molar-refractivity contribution in [2.75, 3.05) is 17.4 Å². The Morgan fingerprint density at radius 1 is 1.35 bits per heavy atom. The summed E-state index contributed by atoms with van der Waals surface area (Å²) in [6.07, 6.45) is 3.01. The number of aromatic nitrogens is 1. The van der Waals surface area contributed by atoms with Gasteiger partial charge >= 0.3 is 0 Å². The van der Waals surface area contributed by atoms with Crippen molar-refractivity contribution in [2.24, 2.45) is 5.84 Å². The molecule has 1 aromatic carbocycles. The highest BCUT2D eigenvalue weighted by atomic mass is 16.2. The SMILES string of the molecule is CN(C(=O)c1cnccc1NN)c1ccc(C#N)cc1. The largest absolute Gasteiger partial charge is 0.323 e. The molecule has 100 valence electrons. The van der Waals surface area contributed by atoms with E-state index >= 15 is 0 Å². The van der Waals surface area contributed by atoms with Crippen LogP contribution in [0.5, 0.6) is 0 Å². The maximum atomic E-state index is 12.4.